The molecule has 3 heterocycles. The van der Waals surface area contributed by atoms with E-state index in [-0.39, 0.29) is 40.9 Å². The number of ether oxygens (including phenoxy) is 3. The lowest BCUT2D eigenvalue weighted by Gasteiger charge is -2.51. The van der Waals surface area contributed by atoms with Gasteiger partial charge in [0.1, 0.15) is 6.10 Å². The Morgan fingerprint density at radius 1 is 1.31 bits per heavy atom. The van der Waals surface area contributed by atoms with E-state index in [0.29, 0.717) is 31.5 Å². The molecule has 0 N–H and O–H groups in total. The van der Waals surface area contributed by atoms with Gasteiger partial charge in [0.2, 0.25) is 0 Å². The van der Waals surface area contributed by atoms with Crippen molar-refractivity contribution < 1.29 is 23.8 Å². The van der Waals surface area contributed by atoms with Crippen LogP contribution < -0.4 is 0 Å². The van der Waals surface area contributed by atoms with Crippen LogP contribution in [0.15, 0.2) is 0 Å². The molecular weight excluding hydrogens is 370 g/mol. The van der Waals surface area contributed by atoms with Crippen LogP contribution in [0.2, 0.25) is 0 Å². The minimum absolute atomic E-state index is 0.0220. The van der Waals surface area contributed by atoms with Crippen molar-refractivity contribution in [2.24, 2.45) is 29.1 Å². The number of rotatable bonds is 4. The average Bonchev–Trinajstić information content (AvgIpc) is 3.40. The Hall–Kier alpha value is -1.14. The van der Waals surface area contributed by atoms with Crippen LogP contribution >= 0.6 is 0 Å². The van der Waals surface area contributed by atoms with E-state index in [9.17, 15) is 9.59 Å². The maximum absolute atomic E-state index is 12.8. The molecule has 1 spiro atoms. The Balaban J connectivity index is 1.28. The van der Waals surface area contributed by atoms with Crippen LogP contribution in [-0.2, 0) is 23.8 Å². The summed E-state index contributed by atoms with van der Waals surface area (Å²) in [6, 6.07) is 0. The molecule has 0 aromatic rings. The zero-order valence-electron chi connectivity index (χ0n) is 17.9. The number of esters is 2. The van der Waals surface area contributed by atoms with Crippen molar-refractivity contribution in [2.45, 2.75) is 70.5 Å². The highest BCUT2D eigenvalue weighted by atomic mass is 16.6. The first-order valence-electron chi connectivity index (χ1n) is 11.7. The number of epoxide rings is 1. The average molecular weight is 406 g/mol. The highest BCUT2D eigenvalue weighted by molar-refractivity contribution is 5.76. The number of hydrogen-bond donors (Lipinski definition) is 0. The lowest BCUT2D eigenvalue weighted by Crippen LogP contribution is -2.51. The molecule has 0 radical (unpaired) electrons. The number of carbonyl (C=O) groups excluding carboxylic acids is 2. The lowest BCUT2D eigenvalue weighted by atomic mass is 9.53. The molecule has 7 atom stereocenters. The van der Waals surface area contributed by atoms with Crippen LogP contribution in [0, 0.1) is 29.1 Å². The van der Waals surface area contributed by atoms with Gasteiger partial charge in [0.15, 0.2) is 0 Å². The van der Waals surface area contributed by atoms with Crippen molar-refractivity contribution in [1.82, 2.24) is 4.90 Å². The predicted octanol–water partition coefficient (Wildman–Crippen LogP) is 2.79. The SMILES string of the molecule is CCOC(=O)C1CCCN(CC2C(=O)OC3CC4(C)CCCC5(CO5)C4CC32)C1. The molecule has 5 aliphatic rings. The van der Waals surface area contributed by atoms with E-state index in [1.165, 1.54) is 19.3 Å². The molecule has 3 aliphatic heterocycles. The highest BCUT2D eigenvalue weighted by Gasteiger charge is 2.65. The molecule has 162 valence electrons. The first kappa shape index (κ1) is 19.8. The summed E-state index contributed by atoms with van der Waals surface area (Å²) < 4.78 is 17.2. The number of fused-ring (bicyclic) bond motifs is 3. The van der Waals surface area contributed by atoms with Gasteiger partial charge in [0.05, 0.1) is 30.7 Å². The third-order valence-corrected chi connectivity index (χ3v) is 8.66. The number of hydrogen-bond acceptors (Lipinski definition) is 6. The summed E-state index contributed by atoms with van der Waals surface area (Å²) in [6.07, 6.45) is 7.60. The Kier molecular flexibility index (Phi) is 4.93. The number of carbonyl (C=O) groups is 2. The zero-order valence-corrected chi connectivity index (χ0v) is 17.9. The predicted molar refractivity (Wildman–Crippen MR) is 106 cm³/mol. The molecule has 0 bridgehead atoms. The van der Waals surface area contributed by atoms with Crippen molar-refractivity contribution >= 4 is 11.9 Å². The second-order valence-electron chi connectivity index (χ2n) is 10.4. The quantitative estimate of drug-likeness (QED) is 0.529. The van der Waals surface area contributed by atoms with Crippen molar-refractivity contribution in [2.75, 3.05) is 32.8 Å². The van der Waals surface area contributed by atoms with Gasteiger partial charge < -0.3 is 19.1 Å². The Bertz CT molecular complexity index is 676. The van der Waals surface area contributed by atoms with Crippen LogP contribution in [0.5, 0.6) is 0 Å². The zero-order chi connectivity index (χ0) is 20.2. The second kappa shape index (κ2) is 7.23. The molecule has 5 fully saturated rings. The van der Waals surface area contributed by atoms with Crippen LogP contribution in [0.4, 0.5) is 0 Å². The van der Waals surface area contributed by atoms with Gasteiger partial charge in [-0.05, 0) is 69.7 Å². The van der Waals surface area contributed by atoms with Crippen LogP contribution in [-0.4, -0.2) is 61.4 Å². The van der Waals surface area contributed by atoms with Gasteiger partial charge in [0, 0.05) is 19.0 Å². The minimum Gasteiger partial charge on any atom is -0.466 e. The van der Waals surface area contributed by atoms with E-state index in [0.717, 1.165) is 38.8 Å². The van der Waals surface area contributed by atoms with E-state index < -0.39 is 0 Å². The third kappa shape index (κ3) is 3.40. The van der Waals surface area contributed by atoms with E-state index in [1.807, 2.05) is 6.92 Å². The molecule has 0 amide bonds. The smallest absolute Gasteiger partial charge is 0.310 e. The Morgan fingerprint density at radius 3 is 2.90 bits per heavy atom. The molecular formula is C23H35NO5. The molecule has 2 saturated carbocycles. The van der Waals surface area contributed by atoms with Gasteiger partial charge in [-0.2, -0.15) is 0 Å². The summed E-state index contributed by atoms with van der Waals surface area (Å²) in [6.45, 7) is 7.94. The lowest BCUT2D eigenvalue weighted by molar-refractivity contribution is -0.150. The molecule has 6 nitrogen and oxygen atoms in total. The maximum atomic E-state index is 12.8. The van der Waals surface area contributed by atoms with Crippen molar-refractivity contribution in [1.29, 1.82) is 0 Å². The first-order chi connectivity index (χ1) is 13.9. The van der Waals surface area contributed by atoms with E-state index in [2.05, 4.69) is 11.8 Å². The fourth-order valence-corrected chi connectivity index (χ4v) is 7.12. The van der Waals surface area contributed by atoms with Gasteiger partial charge >= 0.3 is 11.9 Å². The number of likely N-dealkylation sites (tertiary alicyclic amines) is 1. The number of nitrogens with zero attached hydrogens (tertiary/aromatic N) is 1. The molecule has 7 unspecified atom stereocenters. The first-order valence-corrected chi connectivity index (χ1v) is 11.7. The fourth-order valence-electron chi connectivity index (χ4n) is 7.12. The van der Waals surface area contributed by atoms with Crippen LogP contribution in [0.25, 0.3) is 0 Å². The van der Waals surface area contributed by atoms with Gasteiger partial charge in [-0.25, -0.2) is 0 Å². The molecule has 2 aliphatic carbocycles. The third-order valence-electron chi connectivity index (χ3n) is 8.66. The highest BCUT2D eigenvalue weighted by Crippen LogP contribution is 2.62. The summed E-state index contributed by atoms with van der Waals surface area (Å²) in [5.41, 5.74) is 0.333. The molecule has 3 saturated heterocycles. The van der Waals surface area contributed by atoms with Crippen molar-refractivity contribution in [3.63, 3.8) is 0 Å². The number of piperidine rings is 1. The van der Waals surface area contributed by atoms with E-state index in [4.69, 9.17) is 14.2 Å². The van der Waals surface area contributed by atoms with Crippen molar-refractivity contribution in [3.8, 4) is 0 Å². The summed E-state index contributed by atoms with van der Waals surface area (Å²) in [4.78, 5) is 27.3. The molecule has 6 heteroatoms. The topological polar surface area (TPSA) is 68.4 Å². The largest absolute Gasteiger partial charge is 0.466 e. The molecule has 29 heavy (non-hydrogen) atoms. The summed E-state index contributed by atoms with van der Waals surface area (Å²) in [7, 11) is 0. The van der Waals surface area contributed by atoms with Gasteiger partial charge in [-0.1, -0.05) is 6.92 Å². The van der Waals surface area contributed by atoms with Crippen molar-refractivity contribution in [3.05, 3.63) is 0 Å². The standard InChI is InChI=1S/C23H35NO5/c1-3-27-20(25)15-6-4-9-24(12-15)13-17-16-10-19-22(2,11-18(16)29-21(17)26)7-5-8-23(19)14-28-23/h15-19H,3-14H2,1-2H3. The Labute approximate surface area is 173 Å². The van der Waals surface area contributed by atoms with E-state index >= 15 is 0 Å². The Morgan fingerprint density at radius 2 is 2.14 bits per heavy atom. The summed E-state index contributed by atoms with van der Waals surface area (Å²) >= 11 is 0. The normalized spacial score (nSPS) is 46.7. The van der Waals surface area contributed by atoms with E-state index in [1.54, 1.807) is 0 Å². The van der Waals surface area contributed by atoms with Gasteiger partial charge in [-0.15, -0.1) is 0 Å². The van der Waals surface area contributed by atoms with Gasteiger partial charge in [0.25, 0.3) is 0 Å². The van der Waals surface area contributed by atoms with Gasteiger partial charge in [-0.3, -0.25) is 9.59 Å². The molecule has 0 aromatic carbocycles. The maximum Gasteiger partial charge on any atom is 0.310 e. The monoisotopic (exact) mass is 405 g/mol. The minimum atomic E-state index is -0.0902. The molecule has 5 rings (SSSR count). The second-order valence-corrected chi connectivity index (χ2v) is 10.4. The van der Waals surface area contributed by atoms with Crippen LogP contribution in [0.3, 0.4) is 0 Å². The molecule has 0 aromatic heterocycles. The van der Waals surface area contributed by atoms with Crippen LogP contribution in [0.1, 0.15) is 58.8 Å². The summed E-state index contributed by atoms with van der Waals surface area (Å²) in [5.74, 6) is 0.605. The summed E-state index contributed by atoms with van der Waals surface area (Å²) in [5, 5.41) is 0. The fraction of sp³-hybridized carbons (Fsp3) is 0.913.